The van der Waals surface area contributed by atoms with E-state index in [4.69, 9.17) is 0 Å². The zero-order valence-electron chi connectivity index (χ0n) is 15.9. The van der Waals surface area contributed by atoms with Crippen molar-refractivity contribution in [3.05, 3.63) is 30.1 Å². The molecular formula is C21H32N4O. The molecule has 1 amide bonds. The number of likely N-dealkylation sites (tertiary alicyclic amines) is 3. The highest BCUT2D eigenvalue weighted by atomic mass is 16.2. The molecule has 1 aromatic rings. The minimum Gasteiger partial charge on any atom is -0.342 e. The summed E-state index contributed by atoms with van der Waals surface area (Å²) >= 11 is 0. The molecule has 5 nitrogen and oxygen atoms in total. The first kappa shape index (κ1) is 17.9. The van der Waals surface area contributed by atoms with Crippen LogP contribution in [0.15, 0.2) is 24.5 Å². The number of aromatic nitrogens is 1. The average Bonchev–Trinajstić information content (AvgIpc) is 3.24. The van der Waals surface area contributed by atoms with E-state index in [1.54, 1.807) is 0 Å². The highest BCUT2D eigenvalue weighted by Crippen LogP contribution is 2.26. The van der Waals surface area contributed by atoms with Crippen molar-refractivity contribution in [2.75, 3.05) is 39.3 Å². The average molecular weight is 357 g/mol. The predicted octanol–water partition coefficient (Wildman–Crippen LogP) is 2.38. The van der Waals surface area contributed by atoms with E-state index in [1.165, 1.54) is 44.2 Å². The lowest BCUT2D eigenvalue weighted by atomic mass is 9.93. The minimum atomic E-state index is 0.246. The molecule has 0 radical (unpaired) electrons. The molecule has 26 heavy (non-hydrogen) atoms. The number of carbonyl (C=O) groups excluding carboxylic acids is 1. The van der Waals surface area contributed by atoms with Crippen LogP contribution in [-0.2, 0) is 11.3 Å². The molecule has 0 N–H and O–H groups in total. The highest BCUT2D eigenvalue weighted by Gasteiger charge is 2.34. The molecule has 4 heterocycles. The molecule has 0 bridgehead atoms. The van der Waals surface area contributed by atoms with Gasteiger partial charge in [-0.15, -0.1) is 0 Å². The molecule has 3 aliphatic heterocycles. The smallest absolute Gasteiger partial charge is 0.226 e. The lowest BCUT2D eigenvalue weighted by Crippen LogP contribution is -2.51. The zero-order chi connectivity index (χ0) is 17.8. The lowest BCUT2D eigenvalue weighted by Gasteiger charge is -2.42. The van der Waals surface area contributed by atoms with Gasteiger partial charge >= 0.3 is 0 Å². The second-order valence-electron chi connectivity index (χ2n) is 8.24. The van der Waals surface area contributed by atoms with Gasteiger partial charge in [-0.1, -0.05) is 6.07 Å². The fourth-order valence-electron chi connectivity index (χ4n) is 4.93. The van der Waals surface area contributed by atoms with Crippen molar-refractivity contribution in [1.82, 2.24) is 19.7 Å². The van der Waals surface area contributed by atoms with E-state index in [0.717, 1.165) is 45.7 Å². The number of rotatable bonds is 4. The first-order chi connectivity index (χ1) is 12.8. The predicted molar refractivity (Wildman–Crippen MR) is 103 cm³/mol. The summed E-state index contributed by atoms with van der Waals surface area (Å²) in [5.74, 6) is 0.677. The van der Waals surface area contributed by atoms with Crippen LogP contribution in [0.2, 0.25) is 0 Å². The van der Waals surface area contributed by atoms with Crippen LogP contribution in [0, 0.1) is 5.92 Å². The van der Waals surface area contributed by atoms with Gasteiger partial charge in [0.05, 0.1) is 5.92 Å². The normalized spacial score (nSPS) is 26.3. The number of nitrogens with zero attached hydrogens (tertiary/aromatic N) is 4. The van der Waals surface area contributed by atoms with Gasteiger partial charge in [0.25, 0.3) is 0 Å². The van der Waals surface area contributed by atoms with E-state index >= 15 is 0 Å². The Hall–Kier alpha value is -1.46. The summed E-state index contributed by atoms with van der Waals surface area (Å²) in [4.78, 5) is 24.3. The second kappa shape index (κ2) is 8.49. The molecule has 3 aliphatic rings. The summed E-state index contributed by atoms with van der Waals surface area (Å²) in [6, 6.07) is 4.85. The van der Waals surface area contributed by atoms with Crippen LogP contribution in [0.1, 0.15) is 44.1 Å². The maximum atomic E-state index is 12.8. The Kier molecular flexibility index (Phi) is 5.85. The molecular weight excluding hydrogens is 324 g/mol. The second-order valence-corrected chi connectivity index (χ2v) is 8.24. The fraction of sp³-hybridized carbons (Fsp3) is 0.714. The van der Waals surface area contributed by atoms with Crippen molar-refractivity contribution < 1.29 is 4.79 Å². The van der Waals surface area contributed by atoms with Gasteiger partial charge in [-0.25, -0.2) is 0 Å². The van der Waals surface area contributed by atoms with E-state index in [0.29, 0.717) is 11.9 Å². The van der Waals surface area contributed by atoms with Crippen molar-refractivity contribution in [1.29, 1.82) is 0 Å². The van der Waals surface area contributed by atoms with Gasteiger partial charge in [0.1, 0.15) is 0 Å². The third-order valence-electron chi connectivity index (χ3n) is 6.42. The summed E-state index contributed by atoms with van der Waals surface area (Å²) < 4.78 is 0. The van der Waals surface area contributed by atoms with Crippen LogP contribution in [0.3, 0.4) is 0 Å². The number of carbonyl (C=O) groups is 1. The molecule has 3 fully saturated rings. The first-order valence-electron chi connectivity index (χ1n) is 10.4. The SMILES string of the molecule is O=C(C1CCCN(C2CCN(Cc3cccnc3)CC2)C1)N1CCCC1. The number of amides is 1. The third-order valence-corrected chi connectivity index (χ3v) is 6.42. The summed E-state index contributed by atoms with van der Waals surface area (Å²) in [5, 5.41) is 0. The monoisotopic (exact) mass is 356 g/mol. The van der Waals surface area contributed by atoms with E-state index < -0.39 is 0 Å². The molecule has 0 aromatic carbocycles. The fourth-order valence-corrected chi connectivity index (χ4v) is 4.93. The summed E-state index contributed by atoms with van der Waals surface area (Å²) in [6.07, 6.45) is 10.9. The number of piperidine rings is 2. The van der Waals surface area contributed by atoms with Crippen LogP contribution >= 0.6 is 0 Å². The first-order valence-corrected chi connectivity index (χ1v) is 10.4. The Bertz CT molecular complexity index is 579. The van der Waals surface area contributed by atoms with Crippen LogP contribution in [-0.4, -0.2) is 70.9 Å². The van der Waals surface area contributed by atoms with Gasteiger partial charge in [-0.3, -0.25) is 19.6 Å². The Morgan fingerprint density at radius 1 is 1.04 bits per heavy atom. The van der Waals surface area contributed by atoms with Crippen molar-refractivity contribution >= 4 is 5.91 Å². The van der Waals surface area contributed by atoms with Crippen molar-refractivity contribution in [3.8, 4) is 0 Å². The van der Waals surface area contributed by atoms with Crippen LogP contribution < -0.4 is 0 Å². The van der Waals surface area contributed by atoms with Crippen LogP contribution in [0.5, 0.6) is 0 Å². The van der Waals surface area contributed by atoms with Crippen LogP contribution in [0.25, 0.3) is 0 Å². The van der Waals surface area contributed by atoms with Gasteiger partial charge in [-0.05, 0) is 69.8 Å². The number of hydrogen-bond acceptors (Lipinski definition) is 4. The number of hydrogen-bond donors (Lipinski definition) is 0. The van der Waals surface area contributed by atoms with Crippen molar-refractivity contribution in [2.45, 2.75) is 51.1 Å². The van der Waals surface area contributed by atoms with Gasteiger partial charge in [0.2, 0.25) is 5.91 Å². The van der Waals surface area contributed by atoms with Crippen molar-refractivity contribution in [3.63, 3.8) is 0 Å². The topological polar surface area (TPSA) is 39.7 Å². The molecule has 142 valence electrons. The van der Waals surface area contributed by atoms with Gasteiger partial charge in [-0.2, -0.15) is 0 Å². The largest absolute Gasteiger partial charge is 0.342 e. The van der Waals surface area contributed by atoms with Gasteiger partial charge in [0, 0.05) is 44.6 Å². The molecule has 0 saturated carbocycles. The quantitative estimate of drug-likeness (QED) is 0.830. The minimum absolute atomic E-state index is 0.246. The molecule has 1 unspecified atom stereocenters. The zero-order valence-corrected chi connectivity index (χ0v) is 15.9. The Morgan fingerprint density at radius 2 is 1.85 bits per heavy atom. The Balaban J connectivity index is 1.26. The summed E-state index contributed by atoms with van der Waals surface area (Å²) in [7, 11) is 0. The van der Waals surface area contributed by atoms with E-state index in [1.807, 2.05) is 18.5 Å². The lowest BCUT2D eigenvalue weighted by molar-refractivity contribution is -0.136. The molecule has 0 aliphatic carbocycles. The molecule has 3 saturated heterocycles. The van der Waals surface area contributed by atoms with E-state index in [-0.39, 0.29) is 5.92 Å². The molecule has 5 heteroatoms. The Labute approximate surface area is 157 Å². The van der Waals surface area contributed by atoms with Crippen LogP contribution in [0.4, 0.5) is 0 Å². The molecule has 1 atom stereocenters. The van der Waals surface area contributed by atoms with E-state index in [2.05, 4.69) is 25.8 Å². The summed E-state index contributed by atoms with van der Waals surface area (Å²) in [6.45, 7) is 7.46. The third kappa shape index (κ3) is 4.26. The standard InChI is InChI=1S/C21H32N4O/c26-21(24-10-1-2-11-24)19-6-4-12-25(17-19)20-7-13-23(14-8-20)16-18-5-3-9-22-15-18/h3,5,9,15,19-20H,1-2,4,6-8,10-14,16-17H2. The highest BCUT2D eigenvalue weighted by molar-refractivity contribution is 5.79. The Morgan fingerprint density at radius 3 is 2.58 bits per heavy atom. The van der Waals surface area contributed by atoms with Gasteiger partial charge < -0.3 is 4.90 Å². The maximum Gasteiger partial charge on any atom is 0.226 e. The molecule has 1 aromatic heterocycles. The number of pyridine rings is 1. The molecule has 0 spiro atoms. The van der Waals surface area contributed by atoms with Gasteiger partial charge in [0.15, 0.2) is 0 Å². The molecule has 4 rings (SSSR count). The van der Waals surface area contributed by atoms with E-state index in [9.17, 15) is 4.79 Å². The van der Waals surface area contributed by atoms with Crippen molar-refractivity contribution in [2.24, 2.45) is 5.92 Å². The summed E-state index contributed by atoms with van der Waals surface area (Å²) in [5.41, 5.74) is 1.31. The maximum absolute atomic E-state index is 12.8.